The first kappa shape index (κ1) is 14.1. The van der Waals surface area contributed by atoms with Crippen LogP contribution < -0.4 is 5.32 Å². The van der Waals surface area contributed by atoms with E-state index in [0.717, 1.165) is 14.6 Å². The molecular weight excluding hydrogens is 368 g/mol. The molecule has 0 spiro atoms. The second-order valence-corrected chi connectivity index (χ2v) is 6.05. The van der Waals surface area contributed by atoms with Gasteiger partial charge in [-0.25, -0.2) is 0 Å². The van der Waals surface area contributed by atoms with Crippen molar-refractivity contribution >= 4 is 37.5 Å². The van der Waals surface area contributed by atoms with Gasteiger partial charge < -0.3 is 5.32 Å². The Morgan fingerprint density at radius 2 is 1.68 bits per heavy atom. The SMILES string of the molecule is CC(Nc1cc(Br)ccc1C#N)c1ccc(Br)cc1. The van der Waals surface area contributed by atoms with Crippen LogP contribution in [0.25, 0.3) is 0 Å². The van der Waals surface area contributed by atoms with Crippen molar-refractivity contribution in [3.05, 3.63) is 62.5 Å². The van der Waals surface area contributed by atoms with E-state index >= 15 is 0 Å². The minimum absolute atomic E-state index is 0.134. The normalized spacial score (nSPS) is 11.7. The van der Waals surface area contributed by atoms with E-state index in [0.29, 0.717) is 5.56 Å². The van der Waals surface area contributed by atoms with Crippen LogP contribution in [-0.2, 0) is 0 Å². The van der Waals surface area contributed by atoms with Gasteiger partial charge in [-0.15, -0.1) is 0 Å². The van der Waals surface area contributed by atoms with Gasteiger partial charge in [0.2, 0.25) is 0 Å². The lowest BCUT2D eigenvalue weighted by Crippen LogP contribution is -2.07. The van der Waals surface area contributed by atoms with Crippen LogP contribution in [0.4, 0.5) is 5.69 Å². The summed E-state index contributed by atoms with van der Waals surface area (Å²) in [6.45, 7) is 2.07. The topological polar surface area (TPSA) is 35.8 Å². The first-order chi connectivity index (χ1) is 9.10. The van der Waals surface area contributed by atoms with E-state index in [1.54, 1.807) is 6.07 Å². The van der Waals surface area contributed by atoms with Crippen LogP contribution >= 0.6 is 31.9 Å². The molecule has 0 radical (unpaired) electrons. The molecule has 0 amide bonds. The van der Waals surface area contributed by atoms with E-state index in [2.05, 4.69) is 62.3 Å². The third kappa shape index (κ3) is 3.59. The number of halogens is 2. The molecule has 4 heteroatoms. The highest BCUT2D eigenvalue weighted by molar-refractivity contribution is 9.10. The van der Waals surface area contributed by atoms with Crippen molar-refractivity contribution in [1.82, 2.24) is 0 Å². The molecule has 1 N–H and O–H groups in total. The minimum atomic E-state index is 0.134. The molecular formula is C15H12Br2N2. The molecule has 1 atom stereocenters. The molecule has 19 heavy (non-hydrogen) atoms. The molecule has 0 aliphatic rings. The van der Waals surface area contributed by atoms with Crippen LogP contribution in [0.1, 0.15) is 24.1 Å². The lowest BCUT2D eigenvalue weighted by atomic mass is 10.1. The van der Waals surface area contributed by atoms with Crippen molar-refractivity contribution in [3.8, 4) is 6.07 Å². The van der Waals surface area contributed by atoms with E-state index < -0.39 is 0 Å². The number of anilines is 1. The average Bonchev–Trinajstić information content (AvgIpc) is 2.39. The van der Waals surface area contributed by atoms with E-state index in [-0.39, 0.29) is 6.04 Å². The number of rotatable bonds is 3. The van der Waals surface area contributed by atoms with Crippen LogP contribution in [0.15, 0.2) is 51.4 Å². The number of benzene rings is 2. The fourth-order valence-corrected chi connectivity index (χ4v) is 2.43. The largest absolute Gasteiger partial charge is 0.377 e. The fourth-order valence-electron chi connectivity index (χ4n) is 1.80. The van der Waals surface area contributed by atoms with Crippen molar-refractivity contribution in [1.29, 1.82) is 5.26 Å². The number of hydrogen-bond acceptors (Lipinski definition) is 2. The summed E-state index contributed by atoms with van der Waals surface area (Å²) in [5.74, 6) is 0. The molecule has 0 saturated carbocycles. The highest BCUT2D eigenvalue weighted by Crippen LogP contribution is 2.26. The molecule has 2 rings (SSSR count). The monoisotopic (exact) mass is 378 g/mol. The first-order valence-electron chi connectivity index (χ1n) is 5.82. The Morgan fingerprint density at radius 1 is 1.05 bits per heavy atom. The van der Waals surface area contributed by atoms with Gasteiger partial charge in [0.15, 0.2) is 0 Å². The van der Waals surface area contributed by atoms with E-state index in [9.17, 15) is 0 Å². The highest BCUT2D eigenvalue weighted by Gasteiger charge is 2.08. The zero-order valence-corrected chi connectivity index (χ0v) is 13.5. The Balaban J connectivity index is 2.23. The van der Waals surface area contributed by atoms with E-state index in [1.807, 2.05) is 24.3 Å². The molecule has 1 unspecified atom stereocenters. The molecule has 0 aliphatic heterocycles. The number of nitrogens with zero attached hydrogens (tertiary/aromatic N) is 1. The van der Waals surface area contributed by atoms with Gasteiger partial charge >= 0.3 is 0 Å². The molecule has 0 bridgehead atoms. The van der Waals surface area contributed by atoms with Crippen molar-refractivity contribution < 1.29 is 0 Å². The third-order valence-electron chi connectivity index (χ3n) is 2.84. The molecule has 96 valence electrons. The Morgan fingerprint density at radius 3 is 2.32 bits per heavy atom. The highest BCUT2D eigenvalue weighted by atomic mass is 79.9. The van der Waals surface area contributed by atoms with Crippen molar-refractivity contribution in [3.63, 3.8) is 0 Å². The third-order valence-corrected chi connectivity index (χ3v) is 3.87. The smallest absolute Gasteiger partial charge is 0.101 e. The zero-order valence-electron chi connectivity index (χ0n) is 10.3. The standard InChI is InChI=1S/C15H12Br2N2/c1-10(11-2-5-13(16)6-3-11)19-15-8-14(17)7-4-12(15)9-18/h2-8,10,19H,1H3. The quantitative estimate of drug-likeness (QED) is 0.789. The van der Waals surface area contributed by atoms with Crippen LogP contribution in [0, 0.1) is 11.3 Å². The number of nitriles is 1. The molecule has 0 heterocycles. The maximum Gasteiger partial charge on any atom is 0.101 e. The summed E-state index contributed by atoms with van der Waals surface area (Å²) in [4.78, 5) is 0. The minimum Gasteiger partial charge on any atom is -0.377 e. The summed E-state index contributed by atoms with van der Waals surface area (Å²) in [5.41, 5.74) is 2.66. The molecule has 0 aromatic heterocycles. The van der Waals surface area contributed by atoms with Gasteiger partial charge in [-0.3, -0.25) is 0 Å². The lowest BCUT2D eigenvalue weighted by Gasteiger charge is -2.17. The summed E-state index contributed by atoms with van der Waals surface area (Å²) in [6.07, 6.45) is 0. The van der Waals surface area contributed by atoms with Crippen LogP contribution in [-0.4, -0.2) is 0 Å². The Kier molecular flexibility index (Phi) is 4.62. The average molecular weight is 380 g/mol. The van der Waals surface area contributed by atoms with Gasteiger partial charge in [-0.2, -0.15) is 5.26 Å². The number of hydrogen-bond donors (Lipinski definition) is 1. The zero-order chi connectivity index (χ0) is 13.8. The lowest BCUT2D eigenvalue weighted by molar-refractivity contribution is 0.883. The Hall–Kier alpha value is -1.31. The van der Waals surface area contributed by atoms with Gasteiger partial charge in [0.1, 0.15) is 6.07 Å². The van der Waals surface area contributed by atoms with Gasteiger partial charge in [-0.1, -0.05) is 44.0 Å². The number of nitrogens with one attached hydrogen (secondary N) is 1. The van der Waals surface area contributed by atoms with Crippen molar-refractivity contribution in [2.75, 3.05) is 5.32 Å². The molecule has 0 fully saturated rings. The molecule has 2 aromatic rings. The summed E-state index contributed by atoms with van der Waals surface area (Å²) in [6, 6.07) is 16.1. The predicted octanol–water partition coefficient (Wildman–Crippen LogP) is 5.26. The van der Waals surface area contributed by atoms with Gasteiger partial charge in [0.05, 0.1) is 11.3 Å². The Bertz CT molecular complexity index is 615. The second kappa shape index (κ2) is 6.23. The van der Waals surface area contributed by atoms with Crippen molar-refractivity contribution in [2.24, 2.45) is 0 Å². The maximum absolute atomic E-state index is 9.12. The van der Waals surface area contributed by atoms with Gasteiger partial charge in [0, 0.05) is 15.0 Å². The maximum atomic E-state index is 9.12. The molecule has 0 aliphatic carbocycles. The predicted molar refractivity (Wildman–Crippen MR) is 85.0 cm³/mol. The Labute approximate surface area is 129 Å². The fraction of sp³-hybridized carbons (Fsp3) is 0.133. The molecule has 2 aromatic carbocycles. The molecule has 0 saturated heterocycles. The summed E-state index contributed by atoms with van der Waals surface area (Å²) in [5, 5.41) is 12.5. The van der Waals surface area contributed by atoms with Gasteiger partial charge in [-0.05, 0) is 42.8 Å². The first-order valence-corrected chi connectivity index (χ1v) is 7.40. The van der Waals surface area contributed by atoms with Crippen LogP contribution in [0.5, 0.6) is 0 Å². The summed E-state index contributed by atoms with van der Waals surface area (Å²) < 4.78 is 2.01. The van der Waals surface area contributed by atoms with Gasteiger partial charge in [0.25, 0.3) is 0 Å². The van der Waals surface area contributed by atoms with E-state index in [1.165, 1.54) is 5.56 Å². The summed E-state index contributed by atoms with van der Waals surface area (Å²) >= 11 is 6.85. The molecule has 2 nitrogen and oxygen atoms in total. The van der Waals surface area contributed by atoms with E-state index in [4.69, 9.17) is 5.26 Å². The van der Waals surface area contributed by atoms with Crippen LogP contribution in [0.3, 0.4) is 0 Å². The second-order valence-electron chi connectivity index (χ2n) is 4.22. The summed E-state index contributed by atoms with van der Waals surface area (Å²) in [7, 11) is 0. The van der Waals surface area contributed by atoms with Crippen molar-refractivity contribution in [2.45, 2.75) is 13.0 Å². The van der Waals surface area contributed by atoms with Crippen LogP contribution in [0.2, 0.25) is 0 Å².